The molecule has 5 aromatic carbocycles. The van der Waals surface area contributed by atoms with Gasteiger partial charge in [0.05, 0.1) is 74.7 Å². The molecule has 0 aliphatic carbocycles. The van der Waals surface area contributed by atoms with Crippen LogP contribution in [0.1, 0.15) is 82.1 Å². The summed E-state index contributed by atoms with van der Waals surface area (Å²) in [7, 11) is 6.86. The van der Waals surface area contributed by atoms with Gasteiger partial charge in [-0.1, -0.05) is 58.0 Å². The van der Waals surface area contributed by atoms with Crippen molar-refractivity contribution in [3.05, 3.63) is 130 Å². The van der Waals surface area contributed by atoms with E-state index in [9.17, 15) is 14.4 Å². The number of methoxy groups -OCH3 is 2. The van der Waals surface area contributed by atoms with Crippen LogP contribution in [0.3, 0.4) is 0 Å². The number of nitrogens with zero attached hydrogens (tertiary/aromatic N) is 4. The number of benzene rings is 5. The van der Waals surface area contributed by atoms with E-state index in [0.29, 0.717) is 98.8 Å². The Bertz CT molecular complexity index is 2880. The maximum absolute atomic E-state index is 14.2. The highest BCUT2D eigenvalue weighted by Gasteiger charge is 2.39. The van der Waals surface area contributed by atoms with Gasteiger partial charge in [-0.15, -0.1) is 0 Å². The molecule has 2 amide bonds. The average molecular weight is 1040 g/mol. The van der Waals surface area contributed by atoms with Crippen LogP contribution >= 0.6 is 21.6 Å². The Labute approximate surface area is 442 Å². The summed E-state index contributed by atoms with van der Waals surface area (Å²) in [5, 5.41) is 3.55. The number of hydrogen-bond donors (Lipinski definition) is 1. The molecule has 4 heterocycles. The average Bonchev–Trinajstić information content (AvgIpc) is 3.89. The normalized spacial score (nSPS) is 16.3. The second kappa shape index (κ2) is 24.1. The molecule has 16 heteroatoms. The van der Waals surface area contributed by atoms with E-state index < -0.39 is 0 Å². The van der Waals surface area contributed by atoms with Gasteiger partial charge in [-0.05, 0) is 111 Å². The van der Waals surface area contributed by atoms with E-state index >= 15 is 0 Å². The van der Waals surface area contributed by atoms with Crippen molar-refractivity contribution < 1.29 is 42.8 Å². The van der Waals surface area contributed by atoms with Crippen LogP contribution in [0, 0.1) is 6.92 Å². The van der Waals surface area contributed by atoms with E-state index in [-0.39, 0.29) is 47.6 Å². The highest BCUT2D eigenvalue weighted by atomic mass is 33.1. The standard InChI is InChI=1S/C58H67N5O9S2/c1-38-24-47-49(59-33-45-28-42-13-7-9-15-51(42)62(45)56(47)65)31-53(38)71-35-40-25-41(27-44(26-40)61(17-18-69-21-22-70-20-19-67-5)37-58(3,4)74-73-23-11-12-39(2)64)36-72-55-32-50-48(30-54(55)68-6)57(66)63-46(34-60-50)29-43-14-8-10-16-52(43)63/h7-10,13-16,24-27,30-33,45-46,60H,11-12,17-23,28-29,34-37H2,1-6H3/t45-,46-/m0/s1. The summed E-state index contributed by atoms with van der Waals surface area (Å²) in [5.41, 5.74) is 10.1. The monoisotopic (exact) mass is 1040 g/mol. The Morgan fingerprint density at radius 3 is 2.19 bits per heavy atom. The van der Waals surface area contributed by atoms with Crippen LogP contribution in [0.2, 0.25) is 0 Å². The van der Waals surface area contributed by atoms with E-state index in [1.165, 1.54) is 0 Å². The predicted molar refractivity (Wildman–Crippen MR) is 297 cm³/mol. The molecule has 0 unspecified atom stereocenters. The first-order chi connectivity index (χ1) is 35.9. The molecule has 1 N–H and O–H groups in total. The fourth-order valence-corrected chi connectivity index (χ4v) is 12.6. The number of nitrogens with one attached hydrogen (secondary N) is 1. The zero-order valence-corrected chi connectivity index (χ0v) is 44.9. The van der Waals surface area contributed by atoms with E-state index in [2.05, 4.69) is 54.4 Å². The molecule has 0 saturated heterocycles. The summed E-state index contributed by atoms with van der Waals surface area (Å²) in [6, 6.07) is 29.8. The number of ether oxygens (including phenoxy) is 6. The maximum atomic E-state index is 14.2. The minimum atomic E-state index is -0.196. The van der Waals surface area contributed by atoms with Gasteiger partial charge in [0, 0.05) is 85.5 Å². The molecule has 0 aromatic heterocycles. The number of aryl methyl sites for hydroxylation is 1. The van der Waals surface area contributed by atoms with Crippen LogP contribution in [0.25, 0.3) is 0 Å². The number of Topliss-reactive ketones (excluding diaryl/α,β-unsaturated/α-hetero) is 1. The lowest BCUT2D eigenvalue weighted by Gasteiger charge is -2.34. The summed E-state index contributed by atoms with van der Waals surface area (Å²) in [6.45, 7) is 12.8. The SMILES string of the molecule is COCCOCCOCCN(CC(C)(C)SSCCCC(C)=O)c1cc(COc2cc3c(cc2C)C(=O)N2c4ccccc4C[C@H]2C=N3)cc(COc2cc3c(cc2OC)C(=O)N2c4ccccc4C[C@H]2CN3)c1. The molecule has 0 spiro atoms. The van der Waals surface area contributed by atoms with E-state index in [4.69, 9.17) is 33.4 Å². The lowest BCUT2D eigenvalue weighted by atomic mass is 10.1. The molecular weight excluding hydrogens is 975 g/mol. The Hall–Kier alpha value is -6.04. The van der Waals surface area contributed by atoms with Gasteiger partial charge in [0.25, 0.3) is 11.8 Å². The van der Waals surface area contributed by atoms with Crippen LogP contribution in [0.5, 0.6) is 17.2 Å². The quantitative estimate of drug-likeness (QED) is 0.0438. The number of ketones is 1. The lowest BCUT2D eigenvalue weighted by Crippen LogP contribution is -2.39. The summed E-state index contributed by atoms with van der Waals surface area (Å²) in [6.07, 6.45) is 4.80. The number of carbonyl (C=O) groups excluding carboxylic acids is 3. The summed E-state index contributed by atoms with van der Waals surface area (Å²) in [4.78, 5) is 51.0. The summed E-state index contributed by atoms with van der Waals surface area (Å²) in [5.74, 6) is 2.54. The van der Waals surface area contributed by atoms with Crippen molar-refractivity contribution in [2.45, 2.75) is 83.4 Å². The molecule has 0 saturated carbocycles. The Balaban J connectivity index is 0.992. The number of anilines is 4. The highest BCUT2D eigenvalue weighted by Crippen LogP contribution is 2.43. The number of fused-ring (bicyclic) bond motifs is 8. The number of amides is 2. The van der Waals surface area contributed by atoms with Crippen molar-refractivity contribution in [3.63, 3.8) is 0 Å². The Morgan fingerprint density at radius 2 is 1.46 bits per heavy atom. The van der Waals surface area contributed by atoms with Crippen LogP contribution < -0.4 is 34.2 Å². The van der Waals surface area contributed by atoms with Crippen LogP contribution in [-0.4, -0.2) is 113 Å². The first-order valence-electron chi connectivity index (χ1n) is 25.4. The van der Waals surface area contributed by atoms with Crippen molar-refractivity contribution in [1.29, 1.82) is 0 Å². The van der Waals surface area contributed by atoms with Crippen molar-refractivity contribution in [2.24, 2.45) is 4.99 Å². The number of hydrogen-bond acceptors (Lipinski definition) is 14. The predicted octanol–water partition coefficient (Wildman–Crippen LogP) is 10.5. The molecular formula is C58H67N5O9S2. The highest BCUT2D eigenvalue weighted by molar-refractivity contribution is 8.77. The maximum Gasteiger partial charge on any atom is 0.261 e. The first kappa shape index (κ1) is 52.8. The van der Waals surface area contributed by atoms with Crippen molar-refractivity contribution in [3.8, 4) is 17.2 Å². The molecule has 2 atom stereocenters. The third kappa shape index (κ3) is 12.4. The van der Waals surface area contributed by atoms with E-state index in [1.54, 1.807) is 38.0 Å². The first-order valence-corrected chi connectivity index (χ1v) is 27.8. The third-order valence-corrected chi connectivity index (χ3v) is 17.0. The molecule has 14 nitrogen and oxygen atoms in total. The van der Waals surface area contributed by atoms with Gasteiger partial charge < -0.3 is 48.3 Å². The van der Waals surface area contributed by atoms with Crippen molar-refractivity contribution in [2.75, 3.05) is 92.7 Å². The van der Waals surface area contributed by atoms with Gasteiger partial charge in [-0.3, -0.25) is 19.5 Å². The van der Waals surface area contributed by atoms with Crippen LogP contribution in [0.4, 0.5) is 28.4 Å². The third-order valence-electron chi connectivity index (χ3n) is 13.6. The number of para-hydroxylation sites is 2. The molecule has 0 bridgehead atoms. The Morgan fingerprint density at radius 1 is 0.784 bits per heavy atom. The Kier molecular flexibility index (Phi) is 17.2. The van der Waals surface area contributed by atoms with Crippen LogP contribution in [0.15, 0.2) is 96.0 Å². The van der Waals surface area contributed by atoms with E-state index in [1.807, 2.05) is 88.3 Å². The summed E-state index contributed by atoms with van der Waals surface area (Å²) >= 11 is 0. The van der Waals surface area contributed by atoms with Gasteiger partial charge in [-0.25, -0.2) is 0 Å². The summed E-state index contributed by atoms with van der Waals surface area (Å²) < 4.78 is 36.0. The molecule has 0 radical (unpaired) electrons. The molecule has 74 heavy (non-hydrogen) atoms. The number of carbonyl (C=O) groups is 3. The second-order valence-electron chi connectivity index (χ2n) is 19.8. The lowest BCUT2D eigenvalue weighted by molar-refractivity contribution is -0.117. The molecule has 0 fully saturated rings. The van der Waals surface area contributed by atoms with Gasteiger partial charge in [0.15, 0.2) is 11.5 Å². The molecule has 390 valence electrons. The van der Waals surface area contributed by atoms with Gasteiger partial charge in [0.2, 0.25) is 0 Å². The van der Waals surface area contributed by atoms with E-state index in [0.717, 1.165) is 69.9 Å². The van der Waals surface area contributed by atoms with Crippen LogP contribution in [-0.2, 0) is 45.1 Å². The molecule has 4 aliphatic rings. The van der Waals surface area contributed by atoms with Gasteiger partial charge in [0.1, 0.15) is 24.7 Å². The second-order valence-corrected chi connectivity index (χ2v) is 22.9. The largest absolute Gasteiger partial charge is 0.493 e. The number of rotatable bonds is 25. The minimum absolute atomic E-state index is 0.0111. The van der Waals surface area contributed by atoms with Gasteiger partial charge in [-0.2, -0.15) is 0 Å². The fraction of sp³-hybridized carbons (Fsp3) is 0.414. The minimum Gasteiger partial charge on any atom is -0.493 e. The fourth-order valence-electron chi connectivity index (χ4n) is 10.0. The van der Waals surface area contributed by atoms with Crippen molar-refractivity contribution in [1.82, 2.24) is 0 Å². The molecule has 9 rings (SSSR count). The smallest absolute Gasteiger partial charge is 0.261 e. The molecule has 5 aromatic rings. The zero-order chi connectivity index (χ0) is 51.8. The topological polar surface area (TPSA) is 141 Å². The number of aliphatic imine (C=N–C) groups is 1. The molecule has 4 aliphatic heterocycles. The van der Waals surface area contributed by atoms with Crippen molar-refractivity contribution >= 4 is 73.8 Å². The zero-order valence-electron chi connectivity index (χ0n) is 43.3. The van der Waals surface area contributed by atoms with Gasteiger partial charge >= 0.3 is 0 Å².